The predicted octanol–water partition coefficient (Wildman–Crippen LogP) is 2.12. The molecule has 1 heterocycles. The molecule has 1 aromatic heterocycles. The molecule has 3 nitrogen and oxygen atoms in total. The lowest BCUT2D eigenvalue weighted by Gasteiger charge is -1.88. The van der Waals surface area contributed by atoms with E-state index in [4.69, 9.17) is 16.0 Å². The van der Waals surface area contributed by atoms with Crippen molar-refractivity contribution < 1.29 is 4.42 Å². The molecule has 0 spiro atoms. The summed E-state index contributed by atoms with van der Waals surface area (Å²) in [5.74, 6) is 2.76. The summed E-state index contributed by atoms with van der Waals surface area (Å²) in [5.41, 5.74) is 0. The van der Waals surface area contributed by atoms with Gasteiger partial charge in [0.1, 0.15) is 0 Å². The van der Waals surface area contributed by atoms with E-state index in [1.54, 1.807) is 0 Å². The maximum Gasteiger partial charge on any atom is 0.219 e. The van der Waals surface area contributed by atoms with E-state index in [0.717, 1.165) is 24.6 Å². The minimum absolute atomic E-state index is 0.558. The molecule has 0 unspecified atom stereocenters. The Labute approximate surface area is 76.1 Å². The van der Waals surface area contributed by atoms with E-state index in [0.29, 0.717) is 11.8 Å². The molecular formula is C8H11ClN2O. The number of aromatic nitrogens is 2. The maximum atomic E-state index is 5.54. The van der Waals surface area contributed by atoms with Crippen LogP contribution in [0.25, 0.3) is 0 Å². The van der Waals surface area contributed by atoms with Gasteiger partial charge in [0.2, 0.25) is 11.8 Å². The molecule has 66 valence electrons. The molecule has 1 fully saturated rings. The van der Waals surface area contributed by atoms with E-state index in [1.807, 2.05) is 0 Å². The van der Waals surface area contributed by atoms with Gasteiger partial charge in [0.15, 0.2) is 0 Å². The second-order valence-corrected chi connectivity index (χ2v) is 3.48. The molecule has 1 aromatic rings. The number of hydrogen-bond acceptors (Lipinski definition) is 3. The molecule has 0 radical (unpaired) electrons. The van der Waals surface area contributed by atoms with Gasteiger partial charge in [-0.25, -0.2) is 0 Å². The van der Waals surface area contributed by atoms with Gasteiger partial charge in [-0.1, -0.05) is 0 Å². The van der Waals surface area contributed by atoms with E-state index in [9.17, 15) is 0 Å². The first-order valence-corrected chi connectivity index (χ1v) is 4.82. The number of halogens is 1. The van der Waals surface area contributed by atoms with Gasteiger partial charge in [-0.05, 0) is 19.3 Å². The zero-order valence-corrected chi connectivity index (χ0v) is 7.55. The van der Waals surface area contributed by atoms with Gasteiger partial charge >= 0.3 is 0 Å². The van der Waals surface area contributed by atoms with Crippen LogP contribution in [0.2, 0.25) is 0 Å². The molecular weight excluding hydrogens is 176 g/mol. The fraction of sp³-hybridized carbons (Fsp3) is 0.750. The van der Waals surface area contributed by atoms with Gasteiger partial charge in [-0.15, -0.1) is 21.8 Å². The van der Waals surface area contributed by atoms with Gasteiger partial charge in [0, 0.05) is 18.2 Å². The third kappa shape index (κ3) is 1.78. The Morgan fingerprint density at radius 2 is 2.25 bits per heavy atom. The lowest BCUT2D eigenvalue weighted by atomic mass is 10.3. The van der Waals surface area contributed by atoms with E-state index in [2.05, 4.69) is 10.2 Å². The van der Waals surface area contributed by atoms with Crippen molar-refractivity contribution in [1.29, 1.82) is 0 Å². The summed E-state index contributed by atoms with van der Waals surface area (Å²) in [6.07, 6.45) is 4.13. The van der Waals surface area contributed by atoms with E-state index in [1.165, 1.54) is 12.8 Å². The third-order valence-electron chi connectivity index (χ3n) is 1.93. The maximum absolute atomic E-state index is 5.54. The van der Waals surface area contributed by atoms with Crippen LogP contribution >= 0.6 is 11.6 Å². The monoisotopic (exact) mass is 186 g/mol. The molecule has 0 bridgehead atoms. The first-order valence-electron chi connectivity index (χ1n) is 4.28. The summed E-state index contributed by atoms with van der Waals surface area (Å²) < 4.78 is 5.43. The first kappa shape index (κ1) is 8.05. The topological polar surface area (TPSA) is 38.9 Å². The summed E-state index contributed by atoms with van der Waals surface area (Å²) >= 11 is 5.54. The minimum atomic E-state index is 0.558. The summed E-state index contributed by atoms with van der Waals surface area (Å²) in [6.45, 7) is 0. The number of hydrogen-bond donors (Lipinski definition) is 0. The Bertz CT molecular complexity index is 257. The summed E-state index contributed by atoms with van der Waals surface area (Å²) in [7, 11) is 0. The van der Waals surface area contributed by atoms with Crippen molar-refractivity contribution in [3.63, 3.8) is 0 Å². The lowest BCUT2D eigenvalue weighted by molar-refractivity contribution is 0.449. The highest BCUT2D eigenvalue weighted by molar-refractivity contribution is 6.17. The standard InChI is InChI=1S/C8H11ClN2O/c9-5-1-2-7-10-11-8(12-7)6-3-4-6/h6H,1-5H2. The number of aryl methyl sites for hydroxylation is 1. The number of nitrogens with zero attached hydrogens (tertiary/aromatic N) is 2. The van der Waals surface area contributed by atoms with E-state index in [-0.39, 0.29) is 0 Å². The largest absolute Gasteiger partial charge is 0.425 e. The SMILES string of the molecule is ClCCCc1nnc(C2CC2)o1. The van der Waals surface area contributed by atoms with E-state index < -0.39 is 0 Å². The second kappa shape index (κ2) is 3.44. The van der Waals surface area contributed by atoms with Crippen molar-refractivity contribution >= 4 is 11.6 Å². The average Bonchev–Trinajstić information content (AvgIpc) is 2.83. The Kier molecular flexibility index (Phi) is 2.30. The van der Waals surface area contributed by atoms with Gasteiger partial charge in [-0.3, -0.25) is 0 Å². The Morgan fingerprint density at radius 3 is 2.92 bits per heavy atom. The molecule has 2 rings (SSSR count). The van der Waals surface area contributed by atoms with Crippen LogP contribution < -0.4 is 0 Å². The minimum Gasteiger partial charge on any atom is -0.425 e. The van der Waals surface area contributed by atoms with Crippen LogP contribution in [-0.2, 0) is 6.42 Å². The van der Waals surface area contributed by atoms with Crippen molar-refractivity contribution in [3.05, 3.63) is 11.8 Å². The van der Waals surface area contributed by atoms with Gasteiger partial charge in [0.25, 0.3) is 0 Å². The molecule has 4 heteroatoms. The second-order valence-electron chi connectivity index (χ2n) is 3.10. The van der Waals surface area contributed by atoms with Crippen molar-refractivity contribution in [2.24, 2.45) is 0 Å². The van der Waals surface area contributed by atoms with Crippen LogP contribution in [0, 0.1) is 0 Å². The molecule has 1 saturated carbocycles. The summed E-state index contributed by atoms with van der Waals surface area (Å²) in [6, 6.07) is 0. The molecule has 12 heavy (non-hydrogen) atoms. The number of rotatable bonds is 4. The predicted molar refractivity (Wildman–Crippen MR) is 45.3 cm³/mol. The molecule has 1 aliphatic carbocycles. The fourth-order valence-electron chi connectivity index (χ4n) is 1.08. The lowest BCUT2D eigenvalue weighted by Crippen LogP contribution is -1.85. The van der Waals surface area contributed by atoms with Crippen LogP contribution in [0.4, 0.5) is 0 Å². The van der Waals surface area contributed by atoms with Gasteiger partial charge < -0.3 is 4.42 Å². The Hall–Kier alpha value is -0.570. The zero-order chi connectivity index (χ0) is 8.39. The molecule has 0 aliphatic heterocycles. The normalized spacial score (nSPS) is 16.8. The van der Waals surface area contributed by atoms with Crippen molar-refractivity contribution in [3.8, 4) is 0 Å². The van der Waals surface area contributed by atoms with Crippen molar-refractivity contribution in [2.45, 2.75) is 31.6 Å². The molecule has 0 aromatic carbocycles. The van der Waals surface area contributed by atoms with Crippen LogP contribution in [0.5, 0.6) is 0 Å². The number of alkyl halides is 1. The highest BCUT2D eigenvalue weighted by Crippen LogP contribution is 2.38. The third-order valence-corrected chi connectivity index (χ3v) is 2.20. The first-order chi connectivity index (χ1) is 5.90. The van der Waals surface area contributed by atoms with Crippen LogP contribution in [-0.4, -0.2) is 16.1 Å². The van der Waals surface area contributed by atoms with E-state index >= 15 is 0 Å². The quantitative estimate of drug-likeness (QED) is 0.677. The van der Waals surface area contributed by atoms with Crippen molar-refractivity contribution in [2.75, 3.05) is 5.88 Å². The highest BCUT2D eigenvalue weighted by atomic mass is 35.5. The molecule has 1 aliphatic rings. The summed E-state index contributed by atoms with van der Waals surface area (Å²) in [5, 5.41) is 7.91. The molecule has 0 saturated heterocycles. The van der Waals surface area contributed by atoms with Gasteiger partial charge in [-0.2, -0.15) is 0 Å². The molecule has 0 amide bonds. The van der Waals surface area contributed by atoms with Crippen LogP contribution in [0.15, 0.2) is 4.42 Å². The molecule has 0 N–H and O–H groups in total. The smallest absolute Gasteiger partial charge is 0.219 e. The summed E-state index contributed by atoms with van der Waals surface area (Å²) in [4.78, 5) is 0. The fourth-order valence-corrected chi connectivity index (χ4v) is 1.21. The highest BCUT2D eigenvalue weighted by Gasteiger charge is 2.29. The Morgan fingerprint density at radius 1 is 1.42 bits per heavy atom. The average molecular weight is 187 g/mol. The van der Waals surface area contributed by atoms with Crippen LogP contribution in [0.1, 0.15) is 37.0 Å². The molecule has 0 atom stereocenters. The van der Waals surface area contributed by atoms with Crippen LogP contribution in [0.3, 0.4) is 0 Å². The van der Waals surface area contributed by atoms with Crippen molar-refractivity contribution in [1.82, 2.24) is 10.2 Å². The van der Waals surface area contributed by atoms with Gasteiger partial charge in [0.05, 0.1) is 0 Å². The zero-order valence-electron chi connectivity index (χ0n) is 6.79. The Balaban J connectivity index is 1.93.